The average Bonchev–Trinajstić information content (AvgIpc) is 2.57. The molecule has 1 atom stereocenters. The summed E-state index contributed by atoms with van der Waals surface area (Å²) in [6, 6.07) is 0. The molecule has 0 aromatic carbocycles. The largest absolute Gasteiger partial charge is 0.478 e. The Bertz CT molecular complexity index is 158. The van der Waals surface area contributed by atoms with Crippen molar-refractivity contribution < 1.29 is 19.4 Å². The molecule has 0 saturated carbocycles. The maximum atomic E-state index is 9.88. The smallest absolute Gasteiger partial charge is 0.327 e. The van der Waals surface area contributed by atoms with Crippen LogP contribution in [0.1, 0.15) is 12.8 Å². The van der Waals surface area contributed by atoms with Gasteiger partial charge in [0.2, 0.25) is 0 Å². The molecule has 1 rings (SSSR count). The van der Waals surface area contributed by atoms with E-state index in [2.05, 4.69) is 6.58 Å². The number of rotatable bonds is 2. The molecule has 1 aliphatic heterocycles. The molecular formula is C8H12O4. The van der Waals surface area contributed by atoms with Crippen LogP contribution < -0.4 is 0 Å². The molecule has 1 unspecified atom stereocenters. The molecule has 1 aliphatic rings. The zero-order valence-electron chi connectivity index (χ0n) is 6.73. The second kappa shape index (κ2) is 6.54. The van der Waals surface area contributed by atoms with E-state index in [9.17, 15) is 9.59 Å². The van der Waals surface area contributed by atoms with E-state index in [1.54, 1.807) is 0 Å². The molecule has 68 valence electrons. The number of carbonyl (C=O) groups excluding carboxylic acids is 1. The fourth-order valence-electron chi connectivity index (χ4n) is 0.710. The Morgan fingerprint density at radius 3 is 2.42 bits per heavy atom. The molecule has 1 N–H and O–H groups in total. The van der Waals surface area contributed by atoms with Crippen molar-refractivity contribution in [2.75, 3.05) is 6.61 Å². The van der Waals surface area contributed by atoms with Crippen LogP contribution in [0.5, 0.6) is 0 Å². The Morgan fingerprint density at radius 1 is 1.67 bits per heavy atom. The first-order valence-electron chi connectivity index (χ1n) is 3.63. The van der Waals surface area contributed by atoms with E-state index in [4.69, 9.17) is 9.84 Å². The zero-order valence-corrected chi connectivity index (χ0v) is 6.73. The highest BCUT2D eigenvalue weighted by Crippen LogP contribution is 2.08. The minimum Gasteiger partial charge on any atom is -0.478 e. The van der Waals surface area contributed by atoms with Crippen LogP contribution in [0.2, 0.25) is 0 Å². The monoisotopic (exact) mass is 172 g/mol. The van der Waals surface area contributed by atoms with Crippen molar-refractivity contribution in [1.29, 1.82) is 0 Å². The van der Waals surface area contributed by atoms with Crippen molar-refractivity contribution >= 4 is 12.3 Å². The lowest BCUT2D eigenvalue weighted by Gasteiger charge is -1.93. The van der Waals surface area contributed by atoms with Crippen molar-refractivity contribution in [3.63, 3.8) is 0 Å². The number of carboxylic acid groups (broad SMARTS) is 1. The summed E-state index contributed by atoms with van der Waals surface area (Å²) in [5.41, 5.74) is 0. The van der Waals surface area contributed by atoms with Crippen LogP contribution in [0, 0.1) is 0 Å². The minimum atomic E-state index is -0.981. The maximum Gasteiger partial charge on any atom is 0.327 e. The van der Waals surface area contributed by atoms with E-state index >= 15 is 0 Å². The third kappa shape index (κ3) is 5.61. The fraction of sp³-hybridized carbons (Fsp3) is 0.500. The summed E-state index contributed by atoms with van der Waals surface area (Å²) in [6.07, 6.45) is 3.58. The van der Waals surface area contributed by atoms with Crippen LogP contribution in [-0.2, 0) is 14.3 Å². The maximum absolute atomic E-state index is 9.88. The second-order valence-corrected chi connectivity index (χ2v) is 2.23. The van der Waals surface area contributed by atoms with E-state index in [1.807, 2.05) is 0 Å². The van der Waals surface area contributed by atoms with Crippen LogP contribution in [0.4, 0.5) is 0 Å². The molecule has 0 spiro atoms. The molecule has 4 nitrogen and oxygen atoms in total. The Hall–Kier alpha value is -1.16. The topological polar surface area (TPSA) is 63.6 Å². The van der Waals surface area contributed by atoms with Gasteiger partial charge in [-0.15, -0.1) is 0 Å². The second-order valence-electron chi connectivity index (χ2n) is 2.23. The van der Waals surface area contributed by atoms with Gasteiger partial charge in [-0.05, 0) is 12.8 Å². The third-order valence-corrected chi connectivity index (χ3v) is 1.29. The fourth-order valence-corrected chi connectivity index (χ4v) is 0.710. The Kier molecular flexibility index (Phi) is 5.91. The summed E-state index contributed by atoms with van der Waals surface area (Å²) < 4.78 is 4.93. The van der Waals surface area contributed by atoms with Crippen LogP contribution in [0.3, 0.4) is 0 Å². The first-order chi connectivity index (χ1) is 5.70. The van der Waals surface area contributed by atoms with Gasteiger partial charge in [0, 0.05) is 12.7 Å². The summed E-state index contributed by atoms with van der Waals surface area (Å²) in [4.78, 5) is 19.1. The van der Waals surface area contributed by atoms with Crippen molar-refractivity contribution in [3.05, 3.63) is 12.7 Å². The van der Waals surface area contributed by atoms with Gasteiger partial charge in [0.05, 0.1) is 0 Å². The Labute approximate surface area is 70.8 Å². The molecule has 12 heavy (non-hydrogen) atoms. The van der Waals surface area contributed by atoms with Gasteiger partial charge >= 0.3 is 5.97 Å². The SMILES string of the molecule is C=CC(=O)O.O=CC1CCCO1. The van der Waals surface area contributed by atoms with Gasteiger partial charge in [-0.2, -0.15) is 0 Å². The van der Waals surface area contributed by atoms with Gasteiger partial charge in [0.25, 0.3) is 0 Å². The molecule has 1 fully saturated rings. The molecule has 1 heterocycles. The van der Waals surface area contributed by atoms with Crippen molar-refractivity contribution in [2.45, 2.75) is 18.9 Å². The normalized spacial score (nSPS) is 20.5. The van der Waals surface area contributed by atoms with Crippen LogP contribution in [-0.4, -0.2) is 30.1 Å². The highest BCUT2D eigenvalue weighted by atomic mass is 16.5. The highest BCUT2D eigenvalue weighted by Gasteiger charge is 2.12. The van der Waals surface area contributed by atoms with Crippen LogP contribution in [0.25, 0.3) is 0 Å². The lowest BCUT2D eigenvalue weighted by atomic mass is 10.3. The molecule has 0 aromatic heterocycles. The van der Waals surface area contributed by atoms with Gasteiger partial charge in [0.15, 0.2) is 0 Å². The molecule has 4 heteroatoms. The summed E-state index contributed by atoms with van der Waals surface area (Å²) in [7, 11) is 0. The average molecular weight is 172 g/mol. The molecule has 0 aliphatic carbocycles. The summed E-state index contributed by atoms with van der Waals surface area (Å²) in [6.45, 7) is 3.73. The van der Waals surface area contributed by atoms with Gasteiger partial charge in [-0.3, -0.25) is 0 Å². The minimum absolute atomic E-state index is 0.0833. The molecule has 1 saturated heterocycles. The quantitative estimate of drug-likeness (QED) is 0.490. The van der Waals surface area contributed by atoms with E-state index in [1.165, 1.54) is 0 Å². The lowest BCUT2D eigenvalue weighted by Crippen LogP contribution is -2.04. The van der Waals surface area contributed by atoms with Crippen molar-refractivity contribution in [3.8, 4) is 0 Å². The molecule has 0 bridgehead atoms. The van der Waals surface area contributed by atoms with Crippen molar-refractivity contribution in [1.82, 2.24) is 0 Å². The molecule has 0 amide bonds. The number of carboxylic acids is 1. The number of hydrogen-bond donors (Lipinski definition) is 1. The standard InChI is InChI=1S/C5H8O2.C3H4O2/c6-4-5-2-1-3-7-5;1-2-3(4)5/h4-5H,1-3H2;2H,1H2,(H,4,5). The van der Waals surface area contributed by atoms with E-state index < -0.39 is 5.97 Å². The Morgan fingerprint density at radius 2 is 2.25 bits per heavy atom. The predicted molar refractivity (Wildman–Crippen MR) is 42.9 cm³/mol. The molecular weight excluding hydrogens is 160 g/mol. The predicted octanol–water partition coefficient (Wildman–Crippen LogP) is 0.621. The summed E-state index contributed by atoms with van der Waals surface area (Å²) in [5, 5.41) is 7.60. The van der Waals surface area contributed by atoms with Crippen LogP contribution >= 0.6 is 0 Å². The number of aldehydes is 1. The number of hydrogen-bond acceptors (Lipinski definition) is 3. The molecule has 0 aromatic rings. The third-order valence-electron chi connectivity index (χ3n) is 1.29. The Balaban J connectivity index is 0.000000217. The molecule has 0 radical (unpaired) electrons. The number of carbonyl (C=O) groups is 2. The van der Waals surface area contributed by atoms with Crippen LogP contribution in [0.15, 0.2) is 12.7 Å². The first kappa shape index (κ1) is 10.8. The number of aliphatic carboxylic acids is 1. The zero-order chi connectivity index (χ0) is 9.40. The number of ether oxygens (including phenoxy) is 1. The first-order valence-corrected chi connectivity index (χ1v) is 3.63. The van der Waals surface area contributed by atoms with Gasteiger partial charge in [-0.25, -0.2) is 4.79 Å². The van der Waals surface area contributed by atoms with Crippen molar-refractivity contribution in [2.24, 2.45) is 0 Å². The van der Waals surface area contributed by atoms with Gasteiger partial charge in [-0.1, -0.05) is 6.58 Å². The lowest BCUT2D eigenvalue weighted by molar-refractivity contribution is -0.131. The summed E-state index contributed by atoms with van der Waals surface area (Å²) in [5.74, 6) is -0.981. The van der Waals surface area contributed by atoms with Gasteiger partial charge < -0.3 is 14.6 Å². The summed E-state index contributed by atoms with van der Waals surface area (Å²) >= 11 is 0. The van der Waals surface area contributed by atoms with E-state index in [0.717, 1.165) is 31.8 Å². The van der Waals surface area contributed by atoms with E-state index in [0.29, 0.717) is 0 Å². The highest BCUT2D eigenvalue weighted by molar-refractivity contribution is 5.78. The van der Waals surface area contributed by atoms with Gasteiger partial charge in [0.1, 0.15) is 12.4 Å². The van der Waals surface area contributed by atoms with E-state index in [-0.39, 0.29) is 6.10 Å².